The Kier molecular flexibility index (Phi) is 6.71. The van der Waals surface area contributed by atoms with Crippen molar-refractivity contribution in [1.29, 1.82) is 0 Å². The number of nitrogens with zero attached hydrogens (tertiary/aromatic N) is 4. The number of hydrogen-bond donors (Lipinski definition) is 3. The number of amides is 1. The molecule has 184 valence electrons. The molecule has 0 spiro atoms. The van der Waals surface area contributed by atoms with Crippen molar-refractivity contribution in [2.24, 2.45) is 0 Å². The van der Waals surface area contributed by atoms with E-state index in [0.29, 0.717) is 23.5 Å². The first-order valence-corrected chi connectivity index (χ1v) is 12.1. The molecule has 4 aromatic rings. The van der Waals surface area contributed by atoms with Gasteiger partial charge in [0.2, 0.25) is 0 Å². The van der Waals surface area contributed by atoms with E-state index in [1.54, 1.807) is 12.4 Å². The van der Waals surface area contributed by atoms with E-state index in [9.17, 15) is 9.18 Å². The summed E-state index contributed by atoms with van der Waals surface area (Å²) in [5, 5.41) is 9.77. The van der Waals surface area contributed by atoms with Crippen LogP contribution in [0.3, 0.4) is 0 Å². The molecule has 0 radical (unpaired) electrons. The van der Waals surface area contributed by atoms with Crippen molar-refractivity contribution in [2.45, 2.75) is 38.1 Å². The third-order valence-corrected chi connectivity index (χ3v) is 6.41. The molecule has 1 unspecified atom stereocenters. The Morgan fingerprint density at radius 2 is 1.94 bits per heavy atom. The van der Waals surface area contributed by atoms with E-state index in [4.69, 9.17) is 0 Å². The number of benzene rings is 1. The van der Waals surface area contributed by atoms with Crippen LogP contribution in [0.15, 0.2) is 55.1 Å². The summed E-state index contributed by atoms with van der Waals surface area (Å²) in [5.74, 6) is 0.642. The number of para-hydroxylation sites is 1. The summed E-state index contributed by atoms with van der Waals surface area (Å²) in [6.07, 6.45) is 7.68. The monoisotopic (exact) mass is 485 g/mol. The lowest BCUT2D eigenvalue weighted by atomic mass is 9.93. The highest BCUT2D eigenvalue weighted by molar-refractivity contribution is 6.06. The molecule has 1 fully saturated rings. The second-order valence-electron chi connectivity index (χ2n) is 9.06. The zero-order valence-electron chi connectivity index (χ0n) is 20.3. The minimum atomic E-state index is -0.628. The summed E-state index contributed by atoms with van der Waals surface area (Å²) in [5.41, 5.74) is 3.36. The maximum atomic E-state index is 14.4. The SMILES string of the molecule is CNC(=O)c1c(F)cnc2c(C(C)CCNc3cc(-c4ccc(NC5CC5)nc4)ncn3)cccc12. The van der Waals surface area contributed by atoms with Crippen LogP contribution >= 0.6 is 0 Å². The Morgan fingerprint density at radius 3 is 2.69 bits per heavy atom. The predicted molar refractivity (Wildman–Crippen MR) is 139 cm³/mol. The lowest BCUT2D eigenvalue weighted by molar-refractivity contribution is 0.0960. The Labute approximate surface area is 208 Å². The Morgan fingerprint density at radius 1 is 1.08 bits per heavy atom. The maximum absolute atomic E-state index is 14.4. The van der Waals surface area contributed by atoms with Crippen LogP contribution in [0.4, 0.5) is 16.0 Å². The van der Waals surface area contributed by atoms with Gasteiger partial charge in [0, 0.05) is 42.8 Å². The quantitative estimate of drug-likeness (QED) is 0.314. The van der Waals surface area contributed by atoms with Gasteiger partial charge in [0.1, 0.15) is 18.0 Å². The summed E-state index contributed by atoms with van der Waals surface area (Å²) >= 11 is 0. The van der Waals surface area contributed by atoms with E-state index in [1.807, 2.05) is 36.5 Å². The highest BCUT2D eigenvalue weighted by Gasteiger charge is 2.21. The molecule has 1 atom stereocenters. The number of rotatable bonds is 9. The van der Waals surface area contributed by atoms with E-state index in [0.717, 1.165) is 41.1 Å². The first kappa shape index (κ1) is 23.6. The number of halogens is 1. The van der Waals surface area contributed by atoms with Gasteiger partial charge in [-0.25, -0.2) is 19.3 Å². The van der Waals surface area contributed by atoms with Crippen molar-refractivity contribution in [1.82, 2.24) is 25.3 Å². The Bertz CT molecular complexity index is 1390. The van der Waals surface area contributed by atoms with Crippen LogP contribution < -0.4 is 16.0 Å². The molecule has 1 saturated carbocycles. The summed E-state index contributed by atoms with van der Waals surface area (Å²) < 4.78 is 14.4. The van der Waals surface area contributed by atoms with Crippen molar-refractivity contribution in [2.75, 3.05) is 24.2 Å². The summed E-state index contributed by atoms with van der Waals surface area (Å²) in [4.78, 5) is 29.8. The van der Waals surface area contributed by atoms with Crippen molar-refractivity contribution < 1.29 is 9.18 Å². The van der Waals surface area contributed by atoms with Crippen molar-refractivity contribution in [3.8, 4) is 11.3 Å². The van der Waals surface area contributed by atoms with Crippen molar-refractivity contribution >= 4 is 28.4 Å². The lowest BCUT2D eigenvalue weighted by Gasteiger charge is -2.16. The third-order valence-electron chi connectivity index (χ3n) is 6.41. The first-order chi connectivity index (χ1) is 17.5. The minimum Gasteiger partial charge on any atom is -0.370 e. The van der Waals surface area contributed by atoms with Crippen LogP contribution in [0, 0.1) is 5.82 Å². The van der Waals surface area contributed by atoms with E-state index in [2.05, 4.69) is 42.8 Å². The second-order valence-corrected chi connectivity index (χ2v) is 9.06. The Hall–Kier alpha value is -4.14. The molecule has 36 heavy (non-hydrogen) atoms. The number of aromatic nitrogens is 4. The topological polar surface area (TPSA) is 105 Å². The maximum Gasteiger partial charge on any atom is 0.254 e. The van der Waals surface area contributed by atoms with Crippen molar-refractivity contribution in [3.05, 3.63) is 72.1 Å². The second kappa shape index (κ2) is 10.2. The zero-order valence-corrected chi connectivity index (χ0v) is 20.3. The highest BCUT2D eigenvalue weighted by Crippen LogP contribution is 2.29. The number of carbonyl (C=O) groups excluding carboxylic acids is 1. The average Bonchev–Trinajstić information content (AvgIpc) is 3.72. The van der Waals surface area contributed by atoms with Crippen molar-refractivity contribution in [3.63, 3.8) is 0 Å². The highest BCUT2D eigenvalue weighted by atomic mass is 19.1. The molecular formula is C27H28FN7O. The van der Waals surface area contributed by atoms with Crippen LogP contribution in [0.1, 0.15) is 48.0 Å². The predicted octanol–water partition coefficient (Wildman–Crippen LogP) is 4.77. The van der Waals surface area contributed by atoms with Gasteiger partial charge in [-0.3, -0.25) is 9.78 Å². The fourth-order valence-electron chi connectivity index (χ4n) is 4.23. The first-order valence-electron chi connectivity index (χ1n) is 12.1. The fourth-order valence-corrected chi connectivity index (χ4v) is 4.23. The van der Waals surface area contributed by atoms with Gasteiger partial charge in [-0.2, -0.15) is 0 Å². The molecule has 1 aliphatic rings. The lowest BCUT2D eigenvalue weighted by Crippen LogP contribution is -2.20. The van der Waals surface area contributed by atoms with Gasteiger partial charge in [0.05, 0.1) is 23.0 Å². The number of fused-ring (bicyclic) bond motifs is 1. The van der Waals surface area contributed by atoms with E-state index in [-0.39, 0.29) is 11.5 Å². The molecule has 5 rings (SSSR count). The molecule has 0 aliphatic heterocycles. The molecule has 9 heteroatoms. The zero-order chi connectivity index (χ0) is 25.1. The summed E-state index contributed by atoms with van der Waals surface area (Å²) in [7, 11) is 1.49. The van der Waals surface area contributed by atoms with Gasteiger partial charge in [-0.05, 0) is 42.9 Å². The number of anilines is 2. The number of hydrogen-bond acceptors (Lipinski definition) is 7. The molecule has 1 aliphatic carbocycles. The van der Waals surface area contributed by atoms with Gasteiger partial charge in [0.25, 0.3) is 5.91 Å². The number of carbonyl (C=O) groups is 1. The van der Waals surface area contributed by atoms with Crippen LogP contribution in [0.5, 0.6) is 0 Å². The van der Waals surface area contributed by atoms with Crippen LogP contribution in [0.2, 0.25) is 0 Å². The number of nitrogens with one attached hydrogen (secondary N) is 3. The molecular weight excluding hydrogens is 457 g/mol. The molecule has 3 heterocycles. The molecule has 0 saturated heterocycles. The van der Waals surface area contributed by atoms with Gasteiger partial charge in [0.15, 0.2) is 5.82 Å². The molecule has 3 aromatic heterocycles. The van der Waals surface area contributed by atoms with E-state index >= 15 is 0 Å². The normalized spacial score (nSPS) is 13.9. The van der Waals surface area contributed by atoms with Gasteiger partial charge >= 0.3 is 0 Å². The third kappa shape index (κ3) is 5.10. The molecule has 8 nitrogen and oxygen atoms in total. The fraction of sp³-hybridized carbons (Fsp3) is 0.296. The standard InChI is InChI=1S/C27H28FN7O/c1-16(19-4-3-5-20-25(27(36)29-2)21(28)14-32-26(19)20)10-11-30-24-12-22(33-15-34-24)17-6-9-23(31-13-17)35-18-7-8-18/h3-6,9,12-16,18H,7-8,10-11H2,1-2H3,(H,29,36)(H,31,35)(H,30,33,34). The molecule has 3 N–H and O–H groups in total. The summed E-state index contributed by atoms with van der Waals surface area (Å²) in [6.45, 7) is 2.76. The Balaban J connectivity index is 1.26. The number of pyridine rings is 2. The summed E-state index contributed by atoms with van der Waals surface area (Å²) in [6, 6.07) is 12.0. The van der Waals surface area contributed by atoms with E-state index in [1.165, 1.54) is 19.9 Å². The molecule has 1 amide bonds. The van der Waals surface area contributed by atoms with Crippen LogP contribution in [-0.2, 0) is 0 Å². The minimum absolute atomic E-state index is 0.0223. The van der Waals surface area contributed by atoms with Crippen LogP contribution in [0.25, 0.3) is 22.2 Å². The van der Waals surface area contributed by atoms with Gasteiger partial charge in [-0.15, -0.1) is 0 Å². The van der Waals surface area contributed by atoms with Gasteiger partial charge < -0.3 is 16.0 Å². The smallest absolute Gasteiger partial charge is 0.254 e. The van der Waals surface area contributed by atoms with E-state index < -0.39 is 11.7 Å². The molecule has 0 bridgehead atoms. The largest absolute Gasteiger partial charge is 0.370 e. The van der Waals surface area contributed by atoms with Gasteiger partial charge in [-0.1, -0.05) is 25.1 Å². The van der Waals surface area contributed by atoms with Crippen LogP contribution in [-0.4, -0.2) is 45.5 Å². The molecule has 1 aromatic carbocycles. The average molecular weight is 486 g/mol.